The van der Waals surface area contributed by atoms with Crippen molar-refractivity contribution in [2.24, 2.45) is 5.92 Å². The first-order valence-electron chi connectivity index (χ1n) is 10.1. The Morgan fingerprint density at radius 2 is 1.85 bits per heavy atom. The fourth-order valence-electron chi connectivity index (χ4n) is 4.12. The Hall–Kier alpha value is -1.69. The predicted octanol–water partition coefficient (Wildman–Crippen LogP) is 3.78. The fraction of sp³-hybridized carbons (Fsp3) is 0.667. The highest BCUT2D eigenvalue weighted by Gasteiger charge is 2.29. The molecule has 146 valence electrons. The third kappa shape index (κ3) is 3.44. The number of hydrogen-bond donors (Lipinski definition) is 0. The highest BCUT2D eigenvalue weighted by Crippen LogP contribution is 2.42. The summed E-state index contributed by atoms with van der Waals surface area (Å²) in [6.07, 6.45) is 3.55. The van der Waals surface area contributed by atoms with E-state index < -0.39 is 0 Å². The predicted molar refractivity (Wildman–Crippen MR) is 112 cm³/mol. The van der Waals surface area contributed by atoms with Gasteiger partial charge in [0.05, 0.1) is 5.39 Å². The number of hydrogen-bond acceptors (Lipinski definition) is 5. The second-order valence-electron chi connectivity index (χ2n) is 9.15. The lowest BCUT2D eigenvalue weighted by molar-refractivity contribution is -0.129. The zero-order valence-electron chi connectivity index (χ0n) is 17.1. The number of aromatic nitrogens is 2. The van der Waals surface area contributed by atoms with Gasteiger partial charge in [-0.25, -0.2) is 9.97 Å². The van der Waals surface area contributed by atoms with E-state index in [1.165, 1.54) is 28.7 Å². The summed E-state index contributed by atoms with van der Waals surface area (Å²) in [5.41, 5.74) is 1.40. The van der Waals surface area contributed by atoms with Crippen LogP contribution in [0.2, 0.25) is 0 Å². The maximum Gasteiger partial charge on any atom is 0.219 e. The van der Waals surface area contributed by atoms with Crippen LogP contribution in [0.4, 0.5) is 5.82 Å². The number of carbonyl (C=O) groups is 1. The molecule has 2 aromatic heterocycles. The van der Waals surface area contributed by atoms with Crippen LogP contribution in [0.25, 0.3) is 10.2 Å². The molecule has 4 rings (SSSR count). The molecule has 1 fully saturated rings. The molecule has 0 N–H and O–H groups in total. The first kappa shape index (κ1) is 18.7. The highest BCUT2D eigenvalue weighted by molar-refractivity contribution is 7.19. The van der Waals surface area contributed by atoms with Gasteiger partial charge in [-0.05, 0) is 30.7 Å². The van der Waals surface area contributed by atoms with Crippen molar-refractivity contribution in [2.45, 2.75) is 59.3 Å². The van der Waals surface area contributed by atoms with E-state index >= 15 is 0 Å². The molecule has 0 bridgehead atoms. The van der Waals surface area contributed by atoms with Gasteiger partial charge in [-0.2, -0.15) is 0 Å². The molecule has 0 spiro atoms. The topological polar surface area (TPSA) is 49.3 Å². The van der Waals surface area contributed by atoms with E-state index in [4.69, 9.17) is 9.97 Å². The van der Waals surface area contributed by atoms with Crippen molar-refractivity contribution in [1.82, 2.24) is 14.9 Å². The summed E-state index contributed by atoms with van der Waals surface area (Å²) in [4.78, 5) is 28.8. The molecule has 5 nitrogen and oxygen atoms in total. The number of rotatable bonds is 1. The van der Waals surface area contributed by atoms with Gasteiger partial charge >= 0.3 is 0 Å². The molecule has 2 aromatic rings. The molecule has 2 aliphatic rings. The Kier molecular flexibility index (Phi) is 4.65. The van der Waals surface area contributed by atoms with Gasteiger partial charge in [-0.3, -0.25) is 4.79 Å². The van der Waals surface area contributed by atoms with Crippen LogP contribution in [0.3, 0.4) is 0 Å². The minimum atomic E-state index is -0.0814. The van der Waals surface area contributed by atoms with Crippen molar-refractivity contribution in [3.63, 3.8) is 0 Å². The maximum absolute atomic E-state index is 11.7. The number of piperazine rings is 1. The molecular weight excluding hydrogens is 356 g/mol. The Balaban J connectivity index is 1.81. The summed E-state index contributed by atoms with van der Waals surface area (Å²) in [5, 5.41) is 1.28. The van der Waals surface area contributed by atoms with Crippen molar-refractivity contribution in [3.8, 4) is 0 Å². The molecule has 1 aliphatic heterocycles. The zero-order valence-corrected chi connectivity index (χ0v) is 17.9. The lowest BCUT2D eigenvalue weighted by Crippen LogP contribution is -2.48. The third-order valence-electron chi connectivity index (χ3n) is 5.83. The van der Waals surface area contributed by atoms with Crippen molar-refractivity contribution >= 4 is 33.3 Å². The summed E-state index contributed by atoms with van der Waals surface area (Å²) in [7, 11) is 0. The monoisotopic (exact) mass is 386 g/mol. The number of carbonyl (C=O) groups excluding carboxylic acids is 1. The second kappa shape index (κ2) is 6.73. The molecule has 3 heterocycles. The fourth-order valence-corrected chi connectivity index (χ4v) is 5.50. The van der Waals surface area contributed by atoms with Crippen molar-refractivity contribution in [2.75, 3.05) is 31.1 Å². The number of anilines is 1. The molecule has 0 radical (unpaired) electrons. The van der Waals surface area contributed by atoms with Crippen LogP contribution < -0.4 is 4.90 Å². The first-order valence-corrected chi connectivity index (χ1v) is 10.9. The molecule has 0 aromatic carbocycles. The summed E-state index contributed by atoms with van der Waals surface area (Å²) in [5.74, 6) is 2.94. The van der Waals surface area contributed by atoms with Crippen LogP contribution in [0, 0.1) is 5.92 Å². The quantitative estimate of drug-likeness (QED) is 0.748. The Morgan fingerprint density at radius 3 is 2.48 bits per heavy atom. The number of amides is 1. The number of aryl methyl sites for hydroxylation is 1. The molecule has 6 heteroatoms. The van der Waals surface area contributed by atoms with Crippen LogP contribution in [-0.2, 0) is 23.1 Å². The van der Waals surface area contributed by atoms with Crippen LogP contribution in [-0.4, -0.2) is 47.0 Å². The molecular formula is C21H30N4OS. The highest BCUT2D eigenvalue weighted by atomic mass is 32.1. The lowest BCUT2D eigenvalue weighted by atomic mass is 9.89. The molecule has 0 unspecified atom stereocenters. The third-order valence-corrected chi connectivity index (χ3v) is 6.98. The summed E-state index contributed by atoms with van der Waals surface area (Å²) >= 11 is 1.88. The van der Waals surface area contributed by atoms with Crippen molar-refractivity contribution < 1.29 is 4.79 Å². The number of thiophene rings is 1. The van der Waals surface area contributed by atoms with Gasteiger partial charge in [-0.15, -0.1) is 11.3 Å². The van der Waals surface area contributed by atoms with Gasteiger partial charge < -0.3 is 9.80 Å². The van der Waals surface area contributed by atoms with E-state index in [0.717, 1.165) is 55.0 Å². The molecule has 0 saturated carbocycles. The molecule has 1 aliphatic carbocycles. The molecule has 1 amide bonds. The lowest BCUT2D eigenvalue weighted by Gasteiger charge is -2.36. The Labute approximate surface area is 165 Å². The van der Waals surface area contributed by atoms with Crippen LogP contribution in [0.15, 0.2) is 0 Å². The first-order chi connectivity index (χ1) is 12.7. The maximum atomic E-state index is 11.7. The summed E-state index contributed by atoms with van der Waals surface area (Å²) in [6, 6.07) is 0. The van der Waals surface area contributed by atoms with Gasteiger partial charge in [0, 0.05) is 43.4 Å². The molecule has 1 atom stereocenters. The minimum Gasteiger partial charge on any atom is -0.352 e. The van der Waals surface area contributed by atoms with Crippen molar-refractivity contribution in [1.29, 1.82) is 0 Å². The van der Waals surface area contributed by atoms with E-state index in [9.17, 15) is 4.79 Å². The normalized spacial score (nSPS) is 20.9. The van der Waals surface area contributed by atoms with E-state index in [-0.39, 0.29) is 11.3 Å². The molecule has 1 saturated heterocycles. The minimum absolute atomic E-state index is 0.0814. The average molecular weight is 387 g/mol. The van der Waals surface area contributed by atoms with E-state index in [2.05, 4.69) is 32.6 Å². The number of fused-ring (bicyclic) bond motifs is 3. The smallest absolute Gasteiger partial charge is 0.219 e. The second-order valence-corrected chi connectivity index (χ2v) is 10.2. The van der Waals surface area contributed by atoms with Gasteiger partial charge in [-0.1, -0.05) is 27.7 Å². The van der Waals surface area contributed by atoms with Gasteiger partial charge in [0.15, 0.2) is 0 Å². The van der Waals surface area contributed by atoms with E-state index in [1.54, 1.807) is 6.92 Å². The van der Waals surface area contributed by atoms with Crippen LogP contribution in [0.1, 0.15) is 57.3 Å². The molecule has 27 heavy (non-hydrogen) atoms. The van der Waals surface area contributed by atoms with Gasteiger partial charge in [0.25, 0.3) is 0 Å². The number of nitrogens with zero attached hydrogens (tertiary/aromatic N) is 4. The van der Waals surface area contributed by atoms with Gasteiger partial charge in [0.1, 0.15) is 16.5 Å². The van der Waals surface area contributed by atoms with Crippen LogP contribution in [0.5, 0.6) is 0 Å². The SMILES string of the molecule is CC(=O)N1CCN(c2nc(C(C)(C)C)nc3sc4c(c23)CC[C@@H](C)C4)CC1. The van der Waals surface area contributed by atoms with Crippen LogP contribution >= 0.6 is 11.3 Å². The standard InChI is InChI=1S/C21H30N4OS/c1-13-6-7-15-16(12-13)27-19-17(15)18(22-20(23-19)21(3,4)5)25-10-8-24(9-11-25)14(2)26/h13H,6-12H2,1-5H3/t13-/m1/s1. The van der Waals surface area contributed by atoms with E-state index in [0.29, 0.717) is 0 Å². The zero-order chi connectivity index (χ0) is 19.3. The largest absolute Gasteiger partial charge is 0.352 e. The summed E-state index contributed by atoms with van der Waals surface area (Å²) < 4.78 is 0. The van der Waals surface area contributed by atoms with Crippen molar-refractivity contribution in [3.05, 3.63) is 16.3 Å². The summed E-state index contributed by atoms with van der Waals surface area (Å²) in [6.45, 7) is 13.8. The van der Waals surface area contributed by atoms with E-state index in [1.807, 2.05) is 16.2 Å². The van der Waals surface area contributed by atoms with Gasteiger partial charge in [0.2, 0.25) is 5.91 Å². The average Bonchev–Trinajstić information content (AvgIpc) is 2.97. The Bertz CT molecular complexity index is 874. The Morgan fingerprint density at radius 1 is 1.15 bits per heavy atom.